The average molecular weight is 289 g/mol. The van der Waals surface area contributed by atoms with Crippen LogP contribution in [0.15, 0.2) is 25.3 Å². The molecule has 1 N–H and O–H groups in total. The van der Waals surface area contributed by atoms with Gasteiger partial charge in [0.15, 0.2) is 0 Å². The first-order valence-corrected chi connectivity index (χ1v) is 6.77. The molecule has 0 radical (unpaired) electrons. The Kier molecular flexibility index (Phi) is 15.7. The van der Waals surface area contributed by atoms with Crippen molar-refractivity contribution in [3.8, 4) is 0 Å². The van der Waals surface area contributed by atoms with E-state index >= 15 is 0 Å². The fourth-order valence-electron chi connectivity index (χ4n) is 1.22. The Morgan fingerprint density at radius 1 is 0.700 bits per heavy atom. The van der Waals surface area contributed by atoms with Gasteiger partial charge in [0, 0.05) is 13.1 Å². The molecule has 0 spiro atoms. The zero-order valence-electron chi connectivity index (χ0n) is 12.2. The molecule has 118 valence electrons. The molecule has 0 aliphatic heterocycles. The van der Waals surface area contributed by atoms with Crippen molar-refractivity contribution in [2.24, 2.45) is 0 Å². The molecule has 0 fully saturated rings. The number of rotatable bonds is 16. The molecule has 0 bridgehead atoms. The maximum absolute atomic E-state index is 9.51. The summed E-state index contributed by atoms with van der Waals surface area (Å²) in [5.41, 5.74) is 0. The second-order valence-electron chi connectivity index (χ2n) is 3.91. The highest BCUT2D eigenvalue weighted by molar-refractivity contribution is 4.63. The molecular formula is C14H27NO5. The maximum Gasteiger partial charge on any atom is 0.0704 e. The van der Waals surface area contributed by atoms with E-state index in [1.54, 1.807) is 12.2 Å². The average Bonchev–Trinajstić information content (AvgIpc) is 2.45. The lowest BCUT2D eigenvalue weighted by atomic mass is 10.6. The van der Waals surface area contributed by atoms with Gasteiger partial charge in [0.05, 0.1) is 52.9 Å². The van der Waals surface area contributed by atoms with Gasteiger partial charge in [-0.3, -0.25) is 0 Å². The summed E-state index contributed by atoms with van der Waals surface area (Å²) in [6.07, 6.45) is 3.38. The first-order valence-electron chi connectivity index (χ1n) is 6.77. The van der Waals surface area contributed by atoms with Crippen LogP contribution in [0.4, 0.5) is 0 Å². The van der Waals surface area contributed by atoms with E-state index in [-0.39, 0.29) is 0 Å². The van der Waals surface area contributed by atoms with Gasteiger partial charge in [0.25, 0.3) is 0 Å². The molecule has 0 rings (SSSR count). The largest absolute Gasteiger partial charge is 0.378 e. The molecule has 0 saturated heterocycles. The Labute approximate surface area is 121 Å². The van der Waals surface area contributed by atoms with Crippen LogP contribution in [0.5, 0.6) is 0 Å². The monoisotopic (exact) mass is 289 g/mol. The van der Waals surface area contributed by atoms with Crippen molar-refractivity contribution in [1.29, 1.82) is 0 Å². The van der Waals surface area contributed by atoms with E-state index in [1.165, 1.54) is 5.06 Å². The van der Waals surface area contributed by atoms with E-state index in [1.807, 2.05) is 0 Å². The number of hydrogen-bond acceptors (Lipinski definition) is 6. The van der Waals surface area contributed by atoms with E-state index < -0.39 is 0 Å². The van der Waals surface area contributed by atoms with Crippen LogP contribution in [0.1, 0.15) is 0 Å². The minimum atomic E-state index is 0.442. The van der Waals surface area contributed by atoms with Gasteiger partial charge in [-0.2, -0.15) is 5.06 Å². The smallest absolute Gasteiger partial charge is 0.0704 e. The standard InChI is InChI=1S/C14H27NO5/c1-3-7-17-11-13-19-9-5-15(16)6-10-20-14-12-18-8-4-2/h3-4,16H,1-2,5-14H2. The molecule has 20 heavy (non-hydrogen) atoms. The van der Waals surface area contributed by atoms with Gasteiger partial charge in [0.2, 0.25) is 0 Å². The Morgan fingerprint density at radius 3 is 1.50 bits per heavy atom. The number of hydroxylamine groups is 2. The van der Waals surface area contributed by atoms with E-state index in [0.717, 1.165) is 0 Å². The van der Waals surface area contributed by atoms with Crippen molar-refractivity contribution in [1.82, 2.24) is 5.06 Å². The Hall–Kier alpha value is -0.760. The summed E-state index contributed by atoms with van der Waals surface area (Å²) >= 11 is 0. The summed E-state index contributed by atoms with van der Waals surface area (Å²) in [6, 6.07) is 0. The normalized spacial score (nSPS) is 10.9. The first-order chi connectivity index (χ1) is 9.81. The lowest BCUT2D eigenvalue weighted by molar-refractivity contribution is -0.118. The van der Waals surface area contributed by atoms with Crippen molar-refractivity contribution in [2.75, 3.05) is 65.9 Å². The molecule has 0 unspecified atom stereocenters. The Bertz CT molecular complexity index is 204. The fraction of sp³-hybridized carbons (Fsp3) is 0.714. The van der Waals surface area contributed by atoms with E-state index in [0.29, 0.717) is 65.9 Å². The SMILES string of the molecule is C=CCOCCOCCN(O)CCOCCOCC=C. The van der Waals surface area contributed by atoms with Gasteiger partial charge in [-0.05, 0) is 0 Å². The topological polar surface area (TPSA) is 60.4 Å². The highest BCUT2D eigenvalue weighted by Gasteiger charge is 2.00. The molecule has 0 aliphatic rings. The van der Waals surface area contributed by atoms with E-state index in [2.05, 4.69) is 13.2 Å². The molecular weight excluding hydrogens is 262 g/mol. The van der Waals surface area contributed by atoms with Gasteiger partial charge in [0.1, 0.15) is 0 Å². The number of hydrogen-bond donors (Lipinski definition) is 1. The minimum absolute atomic E-state index is 0.442. The molecule has 0 amide bonds. The van der Waals surface area contributed by atoms with Crippen molar-refractivity contribution in [2.45, 2.75) is 0 Å². The molecule has 0 saturated carbocycles. The van der Waals surface area contributed by atoms with Crippen LogP contribution < -0.4 is 0 Å². The third kappa shape index (κ3) is 15.3. The molecule has 0 aromatic carbocycles. The summed E-state index contributed by atoms with van der Waals surface area (Å²) in [5, 5.41) is 10.7. The zero-order valence-corrected chi connectivity index (χ0v) is 12.2. The Morgan fingerprint density at radius 2 is 1.10 bits per heavy atom. The predicted molar refractivity (Wildman–Crippen MR) is 77.0 cm³/mol. The van der Waals surface area contributed by atoms with Gasteiger partial charge in [-0.15, -0.1) is 13.2 Å². The lowest BCUT2D eigenvalue weighted by Gasteiger charge is -2.14. The second kappa shape index (κ2) is 16.3. The van der Waals surface area contributed by atoms with Crippen LogP contribution in [-0.2, 0) is 18.9 Å². The van der Waals surface area contributed by atoms with Crippen LogP contribution in [0.3, 0.4) is 0 Å². The summed E-state index contributed by atoms with van der Waals surface area (Å²) in [5.74, 6) is 0. The van der Waals surface area contributed by atoms with Crippen molar-refractivity contribution >= 4 is 0 Å². The summed E-state index contributed by atoms with van der Waals surface area (Å²) < 4.78 is 20.9. The fourth-order valence-corrected chi connectivity index (χ4v) is 1.22. The molecule has 0 aromatic rings. The molecule has 6 nitrogen and oxygen atoms in total. The minimum Gasteiger partial charge on any atom is -0.378 e. The van der Waals surface area contributed by atoms with Crippen molar-refractivity contribution in [3.63, 3.8) is 0 Å². The van der Waals surface area contributed by atoms with Gasteiger partial charge in [-0.1, -0.05) is 12.2 Å². The number of ether oxygens (including phenoxy) is 4. The summed E-state index contributed by atoms with van der Waals surface area (Å²) in [6.45, 7) is 12.0. The van der Waals surface area contributed by atoms with Crippen LogP contribution in [0, 0.1) is 0 Å². The van der Waals surface area contributed by atoms with Crippen LogP contribution in [0.2, 0.25) is 0 Å². The van der Waals surface area contributed by atoms with Gasteiger partial charge >= 0.3 is 0 Å². The predicted octanol–water partition coefficient (Wildman–Crippen LogP) is 1.12. The third-order valence-corrected chi connectivity index (χ3v) is 2.20. The van der Waals surface area contributed by atoms with Gasteiger partial charge < -0.3 is 24.2 Å². The van der Waals surface area contributed by atoms with Crippen LogP contribution in [-0.4, -0.2) is 76.2 Å². The molecule has 0 heterocycles. The quantitative estimate of drug-likeness (QED) is 0.261. The second-order valence-corrected chi connectivity index (χ2v) is 3.91. The van der Waals surface area contributed by atoms with Crippen molar-refractivity contribution in [3.05, 3.63) is 25.3 Å². The van der Waals surface area contributed by atoms with Crippen LogP contribution >= 0.6 is 0 Å². The Balaban J connectivity index is 3.14. The lowest BCUT2D eigenvalue weighted by Crippen LogP contribution is -2.28. The van der Waals surface area contributed by atoms with E-state index in [9.17, 15) is 5.21 Å². The highest BCUT2D eigenvalue weighted by Crippen LogP contribution is 1.86. The van der Waals surface area contributed by atoms with E-state index in [4.69, 9.17) is 18.9 Å². The van der Waals surface area contributed by atoms with Crippen LogP contribution in [0.25, 0.3) is 0 Å². The molecule has 0 atom stereocenters. The summed E-state index contributed by atoms with van der Waals surface area (Å²) in [7, 11) is 0. The highest BCUT2D eigenvalue weighted by atomic mass is 16.5. The summed E-state index contributed by atoms with van der Waals surface area (Å²) in [4.78, 5) is 0. The van der Waals surface area contributed by atoms with Gasteiger partial charge in [-0.25, -0.2) is 0 Å². The zero-order chi connectivity index (χ0) is 14.9. The molecule has 6 heteroatoms. The molecule has 0 aromatic heterocycles. The third-order valence-electron chi connectivity index (χ3n) is 2.20. The van der Waals surface area contributed by atoms with Crippen molar-refractivity contribution < 1.29 is 24.2 Å². The maximum atomic E-state index is 9.51. The number of nitrogens with zero attached hydrogens (tertiary/aromatic N) is 1. The molecule has 0 aliphatic carbocycles. The first kappa shape index (κ1) is 19.2.